The van der Waals surface area contributed by atoms with E-state index in [2.05, 4.69) is 21.2 Å². The van der Waals surface area contributed by atoms with Gasteiger partial charge in [0.2, 0.25) is 0 Å². The molecule has 0 saturated heterocycles. The molecule has 2 aromatic rings. The summed E-state index contributed by atoms with van der Waals surface area (Å²) in [6, 6.07) is 11.3. The Morgan fingerprint density at radius 2 is 1.85 bits per heavy atom. The molecular weight excluding hydrogens is 346 g/mol. The van der Waals surface area contributed by atoms with Gasteiger partial charge in [-0.1, -0.05) is 39.7 Å². The van der Waals surface area contributed by atoms with E-state index in [9.17, 15) is 9.59 Å². The zero-order chi connectivity index (χ0) is 14.7. The minimum atomic E-state index is -1.19. The topological polar surface area (TPSA) is 66.4 Å². The van der Waals surface area contributed by atoms with E-state index in [-0.39, 0.29) is 16.3 Å². The average molecular weight is 355 g/mol. The largest absolute Gasteiger partial charge is 0.478 e. The van der Waals surface area contributed by atoms with Gasteiger partial charge in [-0.05, 0) is 30.3 Å². The maximum absolute atomic E-state index is 12.1. The van der Waals surface area contributed by atoms with Gasteiger partial charge < -0.3 is 10.4 Å². The average Bonchev–Trinajstić information content (AvgIpc) is 2.38. The quantitative estimate of drug-likeness (QED) is 0.874. The molecule has 0 heterocycles. The molecule has 2 rings (SSSR count). The van der Waals surface area contributed by atoms with E-state index < -0.39 is 11.9 Å². The first kappa shape index (κ1) is 14.6. The monoisotopic (exact) mass is 353 g/mol. The minimum Gasteiger partial charge on any atom is -0.478 e. The maximum atomic E-state index is 12.1. The van der Waals surface area contributed by atoms with Crippen LogP contribution in [0.1, 0.15) is 20.7 Å². The predicted octanol–water partition coefficient (Wildman–Crippen LogP) is 4.05. The Morgan fingerprint density at radius 1 is 1.15 bits per heavy atom. The Kier molecular flexibility index (Phi) is 4.42. The van der Waals surface area contributed by atoms with Gasteiger partial charge in [-0.25, -0.2) is 4.79 Å². The van der Waals surface area contributed by atoms with Gasteiger partial charge in [0.05, 0.1) is 10.7 Å². The number of carbonyl (C=O) groups excluding carboxylic acids is 1. The molecule has 0 fully saturated rings. The molecule has 2 N–H and O–H groups in total. The first-order valence-corrected chi connectivity index (χ1v) is 6.75. The summed E-state index contributed by atoms with van der Waals surface area (Å²) >= 11 is 9.11. The van der Waals surface area contributed by atoms with Crippen molar-refractivity contribution in [1.82, 2.24) is 0 Å². The van der Waals surface area contributed by atoms with Crippen molar-refractivity contribution in [2.24, 2.45) is 0 Å². The van der Waals surface area contributed by atoms with Crippen LogP contribution in [0.2, 0.25) is 5.02 Å². The number of aromatic carboxylic acids is 1. The van der Waals surface area contributed by atoms with Gasteiger partial charge in [0.25, 0.3) is 5.91 Å². The van der Waals surface area contributed by atoms with Gasteiger partial charge in [-0.15, -0.1) is 0 Å². The van der Waals surface area contributed by atoms with Gasteiger partial charge in [0.1, 0.15) is 5.56 Å². The zero-order valence-corrected chi connectivity index (χ0v) is 12.4. The molecule has 0 saturated carbocycles. The Bertz CT molecular complexity index is 688. The van der Waals surface area contributed by atoms with Crippen LogP contribution in [0.5, 0.6) is 0 Å². The summed E-state index contributed by atoms with van der Waals surface area (Å²) in [5.41, 5.74) is 0.447. The van der Waals surface area contributed by atoms with E-state index in [1.165, 1.54) is 12.1 Å². The third-order valence-corrected chi connectivity index (χ3v) is 3.37. The Balaban J connectivity index is 2.33. The van der Waals surface area contributed by atoms with Crippen LogP contribution in [-0.2, 0) is 0 Å². The summed E-state index contributed by atoms with van der Waals surface area (Å²) in [4.78, 5) is 23.3. The standard InChI is InChI=1S/C14H9BrClNO3/c15-9-4-1-3-8(7-9)13(18)17-11-6-2-5-10(16)12(11)14(19)20/h1-7H,(H,17,18)(H,19,20). The Labute approximate surface area is 128 Å². The van der Waals surface area contributed by atoms with Crippen molar-refractivity contribution in [3.05, 3.63) is 63.1 Å². The second-order valence-electron chi connectivity index (χ2n) is 3.93. The Hall–Kier alpha value is -1.85. The Morgan fingerprint density at radius 3 is 2.50 bits per heavy atom. The van der Waals surface area contributed by atoms with Crippen LogP contribution in [0, 0.1) is 0 Å². The molecule has 20 heavy (non-hydrogen) atoms. The number of halogens is 2. The highest BCUT2D eigenvalue weighted by Gasteiger charge is 2.16. The fourth-order valence-corrected chi connectivity index (χ4v) is 2.32. The van der Waals surface area contributed by atoms with Crippen LogP contribution in [0.15, 0.2) is 46.9 Å². The fourth-order valence-electron chi connectivity index (χ4n) is 1.67. The fraction of sp³-hybridized carbons (Fsp3) is 0. The smallest absolute Gasteiger partial charge is 0.339 e. The first-order valence-electron chi connectivity index (χ1n) is 5.58. The summed E-state index contributed by atoms with van der Waals surface area (Å²) < 4.78 is 0.759. The lowest BCUT2D eigenvalue weighted by Gasteiger charge is -2.09. The highest BCUT2D eigenvalue weighted by molar-refractivity contribution is 9.10. The molecular formula is C14H9BrClNO3. The lowest BCUT2D eigenvalue weighted by molar-refractivity contribution is 0.0698. The number of hydrogen-bond acceptors (Lipinski definition) is 2. The molecule has 6 heteroatoms. The van der Waals surface area contributed by atoms with Gasteiger partial charge >= 0.3 is 5.97 Å². The number of anilines is 1. The number of carboxylic acid groups (broad SMARTS) is 1. The predicted molar refractivity (Wildman–Crippen MR) is 80.5 cm³/mol. The van der Waals surface area contributed by atoms with Crippen molar-refractivity contribution in [3.63, 3.8) is 0 Å². The van der Waals surface area contributed by atoms with Crippen molar-refractivity contribution >= 4 is 45.1 Å². The molecule has 0 unspecified atom stereocenters. The van der Waals surface area contributed by atoms with Crippen LogP contribution in [0.4, 0.5) is 5.69 Å². The molecule has 4 nitrogen and oxygen atoms in total. The maximum Gasteiger partial charge on any atom is 0.339 e. The van der Waals surface area contributed by atoms with Gasteiger partial charge in [-0.2, -0.15) is 0 Å². The SMILES string of the molecule is O=C(Nc1cccc(Cl)c1C(=O)O)c1cccc(Br)c1. The van der Waals surface area contributed by atoms with Gasteiger partial charge in [-0.3, -0.25) is 4.79 Å². The van der Waals surface area contributed by atoms with Crippen molar-refractivity contribution in [2.75, 3.05) is 5.32 Å². The van der Waals surface area contributed by atoms with Crippen LogP contribution in [0.3, 0.4) is 0 Å². The van der Waals surface area contributed by atoms with Gasteiger partial charge in [0.15, 0.2) is 0 Å². The number of amides is 1. The highest BCUT2D eigenvalue weighted by Crippen LogP contribution is 2.25. The molecule has 0 bridgehead atoms. The summed E-state index contributed by atoms with van der Waals surface area (Å²) in [5.74, 6) is -1.60. The summed E-state index contributed by atoms with van der Waals surface area (Å²) in [7, 11) is 0. The third-order valence-electron chi connectivity index (χ3n) is 2.56. The summed E-state index contributed by atoms with van der Waals surface area (Å²) in [5, 5.41) is 11.8. The van der Waals surface area contributed by atoms with E-state index in [0.29, 0.717) is 5.56 Å². The van der Waals surface area contributed by atoms with E-state index >= 15 is 0 Å². The summed E-state index contributed by atoms with van der Waals surface area (Å²) in [6.07, 6.45) is 0. The third kappa shape index (κ3) is 3.18. The van der Waals surface area contributed by atoms with E-state index in [1.54, 1.807) is 30.3 Å². The van der Waals surface area contributed by atoms with E-state index in [1.807, 2.05) is 0 Å². The second-order valence-corrected chi connectivity index (χ2v) is 5.25. The van der Waals surface area contributed by atoms with Crippen LogP contribution < -0.4 is 5.32 Å². The molecule has 0 atom stereocenters. The minimum absolute atomic E-state index is 0.0737. The van der Waals surface area contributed by atoms with Crippen molar-refractivity contribution in [3.8, 4) is 0 Å². The van der Waals surface area contributed by atoms with Crippen LogP contribution >= 0.6 is 27.5 Å². The zero-order valence-electron chi connectivity index (χ0n) is 10.1. The highest BCUT2D eigenvalue weighted by atomic mass is 79.9. The number of benzene rings is 2. The van der Waals surface area contributed by atoms with Crippen LogP contribution in [-0.4, -0.2) is 17.0 Å². The molecule has 102 valence electrons. The number of carboxylic acids is 1. The molecule has 0 spiro atoms. The number of hydrogen-bond donors (Lipinski definition) is 2. The molecule has 0 aliphatic heterocycles. The number of nitrogens with one attached hydrogen (secondary N) is 1. The molecule has 0 aromatic heterocycles. The molecule has 2 aromatic carbocycles. The molecule has 0 aliphatic rings. The first-order chi connectivity index (χ1) is 9.49. The van der Waals surface area contributed by atoms with Gasteiger partial charge in [0, 0.05) is 10.0 Å². The second kappa shape index (κ2) is 6.07. The van der Waals surface area contributed by atoms with Crippen molar-refractivity contribution in [2.45, 2.75) is 0 Å². The number of carbonyl (C=O) groups is 2. The van der Waals surface area contributed by atoms with Crippen molar-refractivity contribution in [1.29, 1.82) is 0 Å². The lowest BCUT2D eigenvalue weighted by atomic mass is 10.1. The van der Waals surface area contributed by atoms with Crippen molar-refractivity contribution < 1.29 is 14.7 Å². The summed E-state index contributed by atoms with van der Waals surface area (Å²) in [6.45, 7) is 0. The molecule has 0 aliphatic carbocycles. The number of rotatable bonds is 3. The molecule has 0 radical (unpaired) electrons. The van der Waals surface area contributed by atoms with Crippen LogP contribution in [0.25, 0.3) is 0 Å². The lowest BCUT2D eigenvalue weighted by Crippen LogP contribution is -2.15. The molecule has 1 amide bonds. The van der Waals surface area contributed by atoms with E-state index in [0.717, 1.165) is 4.47 Å². The van der Waals surface area contributed by atoms with E-state index in [4.69, 9.17) is 16.7 Å². The normalized spacial score (nSPS) is 10.1.